The van der Waals surface area contributed by atoms with Crippen molar-refractivity contribution in [1.29, 1.82) is 0 Å². The smallest absolute Gasteiger partial charge is 0.00427 e. The summed E-state index contributed by atoms with van der Waals surface area (Å²) in [4.78, 5) is 0. The van der Waals surface area contributed by atoms with Gasteiger partial charge in [-0.1, -0.05) is 30.3 Å². The van der Waals surface area contributed by atoms with E-state index in [0.29, 0.717) is 0 Å². The molecule has 0 fully saturated rings. The Hall–Kier alpha value is -1.30. The monoisotopic (exact) mass is 152 g/mol. The van der Waals surface area contributed by atoms with Crippen molar-refractivity contribution in [1.82, 2.24) is 0 Å². The van der Waals surface area contributed by atoms with Crippen molar-refractivity contribution in [2.24, 2.45) is 0 Å². The molecule has 2 radical (unpaired) electrons. The number of hydrogen-bond acceptors (Lipinski definition) is 0. The lowest BCUT2D eigenvalue weighted by atomic mass is 10.1. The molecule has 0 aliphatic heterocycles. The first-order valence-corrected chi connectivity index (χ1v) is 4.21. The van der Waals surface area contributed by atoms with Crippen LogP contribution in [0, 0.1) is 12.5 Å². The zero-order valence-electron chi connectivity index (χ0n) is 6.67. The minimum atomic E-state index is 1.09. The molecule has 0 heterocycles. The fraction of sp³-hybridized carbons (Fsp3) is 0.0833. The maximum atomic E-state index is 3.25. The van der Waals surface area contributed by atoms with Gasteiger partial charge in [-0.15, -0.1) is 0 Å². The van der Waals surface area contributed by atoms with Crippen LogP contribution in [0.1, 0.15) is 11.1 Å². The van der Waals surface area contributed by atoms with Crippen molar-refractivity contribution in [2.45, 2.75) is 6.42 Å². The molecule has 56 valence electrons. The number of rotatable bonds is 0. The van der Waals surface area contributed by atoms with E-state index in [9.17, 15) is 0 Å². The normalized spacial score (nSPS) is 14.0. The second kappa shape index (κ2) is 2.10. The van der Waals surface area contributed by atoms with Crippen LogP contribution in [0.15, 0.2) is 30.3 Å². The molecule has 0 nitrogen and oxygen atoms in total. The quantitative estimate of drug-likeness (QED) is 0.544. The van der Waals surface area contributed by atoms with Gasteiger partial charge >= 0.3 is 0 Å². The topological polar surface area (TPSA) is 0 Å². The molecule has 0 aromatic heterocycles. The molecule has 0 spiro atoms. The van der Waals surface area contributed by atoms with Gasteiger partial charge in [0.2, 0.25) is 0 Å². The third-order valence-electron chi connectivity index (χ3n) is 2.48. The van der Waals surface area contributed by atoms with Crippen molar-refractivity contribution >= 4 is 10.8 Å². The van der Waals surface area contributed by atoms with Crippen molar-refractivity contribution < 1.29 is 0 Å². The summed E-state index contributed by atoms with van der Waals surface area (Å²) in [6, 6.07) is 13.8. The zero-order valence-corrected chi connectivity index (χ0v) is 6.67. The van der Waals surface area contributed by atoms with Crippen LogP contribution in [0.5, 0.6) is 0 Å². The molecule has 2 aromatic carbocycles. The van der Waals surface area contributed by atoms with E-state index in [2.05, 4.69) is 36.8 Å². The van der Waals surface area contributed by atoms with E-state index in [1.165, 1.54) is 21.9 Å². The third kappa shape index (κ3) is 0.672. The summed E-state index contributed by atoms with van der Waals surface area (Å²) in [5, 5.41) is 2.65. The SMILES string of the molecule is [c]1ccc2c3c(cccc13)[CH]C2. The lowest BCUT2D eigenvalue weighted by Gasteiger charge is -1.98. The summed E-state index contributed by atoms with van der Waals surface area (Å²) in [6.07, 6.45) is 3.37. The van der Waals surface area contributed by atoms with Crippen LogP contribution in [-0.4, -0.2) is 0 Å². The Morgan fingerprint density at radius 1 is 1.17 bits per heavy atom. The predicted octanol–water partition coefficient (Wildman–Crippen LogP) is 2.75. The Morgan fingerprint density at radius 3 is 3.17 bits per heavy atom. The second-order valence-electron chi connectivity index (χ2n) is 3.18. The van der Waals surface area contributed by atoms with Crippen molar-refractivity contribution in [3.63, 3.8) is 0 Å². The van der Waals surface area contributed by atoms with Crippen LogP contribution in [0.3, 0.4) is 0 Å². The summed E-state index contributed by atoms with van der Waals surface area (Å²) in [6.45, 7) is 0. The number of hydrogen-bond donors (Lipinski definition) is 0. The van der Waals surface area contributed by atoms with Gasteiger partial charge < -0.3 is 0 Å². The Morgan fingerprint density at radius 2 is 2.17 bits per heavy atom. The molecule has 0 N–H and O–H groups in total. The summed E-state index contributed by atoms with van der Waals surface area (Å²) in [5.41, 5.74) is 2.82. The molecule has 0 bridgehead atoms. The fourth-order valence-electron chi connectivity index (χ4n) is 1.92. The molecular weight excluding hydrogens is 144 g/mol. The largest absolute Gasteiger partial charge is 0.0613 e. The van der Waals surface area contributed by atoms with E-state index in [0.717, 1.165) is 6.42 Å². The van der Waals surface area contributed by atoms with Crippen LogP contribution >= 0.6 is 0 Å². The van der Waals surface area contributed by atoms with Crippen LogP contribution < -0.4 is 0 Å². The molecule has 1 aliphatic carbocycles. The summed E-state index contributed by atoms with van der Waals surface area (Å²) < 4.78 is 0. The van der Waals surface area contributed by atoms with Crippen LogP contribution in [-0.2, 0) is 6.42 Å². The zero-order chi connectivity index (χ0) is 7.97. The van der Waals surface area contributed by atoms with E-state index >= 15 is 0 Å². The van der Waals surface area contributed by atoms with E-state index in [1.54, 1.807) is 0 Å². The highest BCUT2D eigenvalue weighted by Crippen LogP contribution is 2.30. The van der Waals surface area contributed by atoms with E-state index in [1.807, 2.05) is 6.07 Å². The summed E-state index contributed by atoms with van der Waals surface area (Å²) in [5.74, 6) is 0. The van der Waals surface area contributed by atoms with E-state index in [-0.39, 0.29) is 0 Å². The van der Waals surface area contributed by atoms with Gasteiger partial charge in [0.05, 0.1) is 0 Å². The van der Waals surface area contributed by atoms with Gasteiger partial charge in [0.1, 0.15) is 0 Å². The second-order valence-corrected chi connectivity index (χ2v) is 3.18. The molecule has 2 aromatic rings. The minimum Gasteiger partial charge on any atom is -0.0613 e. The van der Waals surface area contributed by atoms with Gasteiger partial charge in [-0.25, -0.2) is 0 Å². The van der Waals surface area contributed by atoms with Gasteiger partial charge in [-0.05, 0) is 40.8 Å². The van der Waals surface area contributed by atoms with E-state index < -0.39 is 0 Å². The Labute approximate surface area is 71.8 Å². The molecule has 0 heteroatoms. The molecule has 0 atom stereocenters. The number of benzene rings is 2. The highest BCUT2D eigenvalue weighted by Gasteiger charge is 2.12. The maximum absolute atomic E-state index is 3.25. The van der Waals surface area contributed by atoms with Crippen LogP contribution in [0.2, 0.25) is 0 Å². The van der Waals surface area contributed by atoms with Gasteiger partial charge in [0.15, 0.2) is 0 Å². The molecule has 0 unspecified atom stereocenters. The molecule has 12 heavy (non-hydrogen) atoms. The average molecular weight is 152 g/mol. The third-order valence-corrected chi connectivity index (χ3v) is 2.48. The molecule has 1 aliphatic rings. The standard InChI is InChI=1S/C12H8/c1-3-9-4-2-6-11-8-7-10(5-1)12(9)11/h1-3,5-7H,8H2. The Balaban J connectivity index is 2.58. The first-order valence-electron chi connectivity index (χ1n) is 4.21. The summed E-state index contributed by atoms with van der Waals surface area (Å²) >= 11 is 0. The van der Waals surface area contributed by atoms with Crippen molar-refractivity contribution in [2.75, 3.05) is 0 Å². The highest BCUT2D eigenvalue weighted by atomic mass is 14.2. The van der Waals surface area contributed by atoms with Gasteiger partial charge in [0, 0.05) is 0 Å². The van der Waals surface area contributed by atoms with Crippen molar-refractivity contribution in [3.05, 3.63) is 53.9 Å². The highest BCUT2D eigenvalue weighted by molar-refractivity contribution is 5.91. The minimum absolute atomic E-state index is 1.09. The first kappa shape index (κ1) is 6.24. The van der Waals surface area contributed by atoms with Crippen LogP contribution in [0.25, 0.3) is 10.8 Å². The Kier molecular flexibility index (Phi) is 1.09. The molecule has 0 saturated heterocycles. The maximum Gasteiger partial charge on any atom is -0.00427 e. The molecule has 0 saturated carbocycles. The van der Waals surface area contributed by atoms with Crippen molar-refractivity contribution in [3.8, 4) is 0 Å². The molecule has 3 rings (SSSR count). The summed E-state index contributed by atoms with van der Waals surface area (Å²) in [7, 11) is 0. The first-order chi connectivity index (χ1) is 5.95. The lowest BCUT2D eigenvalue weighted by molar-refractivity contribution is 1.25. The average Bonchev–Trinajstić information content (AvgIpc) is 2.52. The molecule has 0 amide bonds. The lowest BCUT2D eigenvalue weighted by Crippen LogP contribution is -1.76. The predicted molar refractivity (Wildman–Crippen MR) is 49.9 cm³/mol. The van der Waals surface area contributed by atoms with Crippen LogP contribution in [0.4, 0.5) is 0 Å². The van der Waals surface area contributed by atoms with Gasteiger partial charge in [0.25, 0.3) is 0 Å². The molecular formula is C12H8. The van der Waals surface area contributed by atoms with Gasteiger partial charge in [-0.2, -0.15) is 0 Å². The van der Waals surface area contributed by atoms with Gasteiger partial charge in [-0.3, -0.25) is 0 Å². The Bertz CT molecular complexity index is 402. The fourth-order valence-corrected chi connectivity index (χ4v) is 1.92. The van der Waals surface area contributed by atoms with E-state index in [4.69, 9.17) is 0 Å².